The minimum Gasteiger partial charge on any atom is -0.479 e. The molecule has 0 saturated carbocycles. The average Bonchev–Trinajstić information content (AvgIpc) is 2.37. The molecular weight excluding hydrogens is 324 g/mol. The van der Waals surface area contributed by atoms with Gasteiger partial charge < -0.3 is 14.2 Å². The summed E-state index contributed by atoms with van der Waals surface area (Å²) in [5, 5.41) is 0. The summed E-state index contributed by atoms with van der Waals surface area (Å²) in [6.45, 7) is 11.4. The fraction of sp³-hybridized carbons (Fsp3) is 0.800. The Labute approximate surface area is 142 Å². The molecule has 0 aliphatic carbocycles. The molecule has 0 aromatic rings. The van der Waals surface area contributed by atoms with Crippen molar-refractivity contribution in [2.45, 2.75) is 53.4 Å². The Morgan fingerprint density at radius 3 is 2.14 bits per heavy atom. The van der Waals surface area contributed by atoms with Crippen LogP contribution in [0.15, 0.2) is 0 Å². The molecule has 0 aliphatic heterocycles. The van der Waals surface area contributed by atoms with Gasteiger partial charge >= 0.3 is 11.9 Å². The number of hydrogen-bond donors (Lipinski definition) is 0. The number of hydrogen-bond acceptors (Lipinski definition) is 7. The fourth-order valence-electron chi connectivity index (χ4n) is 1.35. The molecule has 5 nitrogen and oxygen atoms in total. The zero-order valence-corrected chi connectivity index (χ0v) is 15.8. The molecule has 22 heavy (non-hydrogen) atoms. The minimum absolute atomic E-state index is 0.297. The van der Waals surface area contributed by atoms with Gasteiger partial charge in [0.15, 0.2) is 5.44 Å². The van der Waals surface area contributed by atoms with Crippen LogP contribution in [-0.2, 0) is 23.8 Å². The van der Waals surface area contributed by atoms with Crippen LogP contribution in [0.3, 0.4) is 0 Å². The van der Waals surface area contributed by atoms with Crippen molar-refractivity contribution < 1.29 is 23.8 Å². The van der Waals surface area contributed by atoms with Crippen LogP contribution >= 0.6 is 24.0 Å². The van der Waals surface area contributed by atoms with Gasteiger partial charge in [0.1, 0.15) is 0 Å². The monoisotopic (exact) mass is 350 g/mol. The second kappa shape index (κ2) is 10.0. The second-order valence-corrected chi connectivity index (χ2v) is 7.54. The third-order valence-corrected chi connectivity index (χ3v) is 3.84. The van der Waals surface area contributed by atoms with Crippen LogP contribution < -0.4 is 0 Å². The Morgan fingerprint density at radius 2 is 1.68 bits per heavy atom. The number of thiocarbonyl (C=S) groups is 1. The average molecular weight is 351 g/mol. The Hall–Kier alpha value is -0.820. The highest BCUT2D eigenvalue weighted by molar-refractivity contribution is 8.22. The van der Waals surface area contributed by atoms with Crippen LogP contribution in [0, 0.1) is 11.3 Å². The van der Waals surface area contributed by atoms with Gasteiger partial charge in [0.2, 0.25) is 4.38 Å². The topological polar surface area (TPSA) is 61.8 Å². The van der Waals surface area contributed by atoms with Crippen molar-refractivity contribution in [2.24, 2.45) is 11.3 Å². The number of rotatable bonds is 7. The van der Waals surface area contributed by atoms with E-state index in [1.165, 1.54) is 0 Å². The Balaban J connectivity index is 4.82. The standard InChI is InChI=1S/C15H26O5S2/c1-7-18-12(16)10(3)9-11(22-14(21)19-8-2)20-13(17)15(4,5)6/h10-11H,7-9H2,1-6H3. The van der Waals surface area contributed by atoms with Gasteiger partial charge in [-0.15, -0.1) is 0 Å². The van der Waals surface area contributed by atoms with E-state index in [1.54, 1.807) is 34.6 Å². The van der Waals surface area contributed by atoms with E-state index in [-0.39, 0.29) is 11.9 Å². The van der Waals surface area contributed by atoms with Gasteiger partial charge in [-0.25, -0.2) is 0 Å². The highest BCUT2D eigenvalue weighted by atomic mass is 32.2. The normalized spacial score (nSPS) is 13.9. The predicted octanol–water partition coefficient (Wildman–Crippen LogP) is 3.55. The molecule has 0 aromatic heterocycles. The third kappa shape index (κ3) is 8.58. The van der Waals surface area contributed by atoms with Crippen LogP contribution in [0.4, 0.5) is 0 Å². The molecule has 0 N–H and O–H groups in total. The molecule has 0 rings (SSSR count). The summed E-state index contributed by atoms with van der Waals surface area (Å²) in [5.74, 6) is -1.06. The molecular formula is C15H26O5S2. The van der Waals surface area contributed by atoms with Crippen LogP contribution in [0.25, 0.3) is 0 Å². The molecule has 0 aromatic carbocycles. The molecule has 0 saturated heterocycles. The van der Waals surface area contributed by atoms with E-state index in [0.29, 0.717) is 24.0 Å². The first-order chi connectivity index (χ1) is 10.1. The highest BCUT2D eigenvalue weighted by Gasteiger charge is 2.30. The predicted molar refractivity (Wildman–Crippen MR) is 91.6 cm³/mol. The fourth-order valence-corrected chi connectivity index (χ4v) is 2.71. The minimum atomic E-state index is -0.626. The van der Waals surface area contributed by atoms with Crippen molar-refractivity contribution in [3.63, 3.8) is 0 Å². The molecule has 2 unspecified atom stereocenters. The maximum atomic E-state index is 12.1. The van der Waals surface area contributed by atoms with Crippen LogP contribution in [0.1, 0.15) is 48.0 Å². The number of esters is 2. The molecule has 0 aliphatic rings. The van der Waals surface area contributed by atoms with Crippen LogP contribution in [-0.4, -0.2) is 35.0 Å². The van der Waals surface area contributed by atoms with Gasteiger partial charge in [-0.2, -0.15) is 0 Å². The van der Waals surface area contributed by atoms with Crippen molar-refractivity contribution in [2.75, 3.05) is 13.2 Å². The van der Waals surface area contributed by atoms with E-state index in [1.807, 2.05) is 6.92 Å². The number of thioether (sulfide) groups is 1. The smallest absolute Gasteiger partial charge is 0.312 e. The van der Waals surface area contributed by atoms with E-state index in [2.05, 4.69) is 0 Å². The van der Waals surface area contributed by atoms with Gasteiger partial charge in [-0.3, -0.25) is 9.59 Å². The first-order valence-electron chi connectivity index (χ1n) is 7.32. The van der Waals surface area contributed by atoms with E-state index >= 15 is 0 Å². The van der Waals surface area contributed by atoms with E-state index in [0.717, 1.165) is 11.8 Å². The molecule has 0 bridgehead atoms. The first-order valence-corrected chi connectivity index (χ1v) is 8.61. The molecule has 0 heterocycles. The van der Waals surface area contributed by atoms with E-state index in [4.69, 9.17) is 26.4 Å². The zero-order valence-electron chi connectivity index (χ0n) is 14.1. The van der Waals surface area contributed by atoms with Crippen molar-refractivity contribution >= 4 is 40.3 Å². The van der Waals surface area contributed by atoms with Crippen molar-refractivity contribution in [1.29, 1.82) is 0 Å². The summed E-state index contributed by atoms with van der Waals surface area (Å²) in [5.41, 5.74) is -1.20. The molecule has 2 atom stereocenters. The second-order valence-electron chi connectivity index (χ2n) is 5.77. The largest absolute Gasteiger partial charge is 0.479 e. The molecule has 128 valence electrons. The molecule has 0 amide bonds. The van der Waals surface area contributed by atoms with Gasteiger partial charge in [-0.1, -0.05) is 6.92 Å². The third-order valence-electron chi connectivity index (χ3n) is 2.58. The molecule has 0 fully saturated rings. The lowest BCUT2D eigenvalue weighted by molar-refractivity contribution is -0.157. The number of carbonyl (C=O) groups excluding carboxylic acids is 2. The summed E-state index contributed by atoms with van der Waals surface area (Å²) in [7, 11) is 0. The van der Waals surface area contributed by atoms with Crippen molar-refractivity contribution in [1.82, 2.24) is 0 Å². The summed E-state index contributed by atoms with van der Waals surface area (Å²) in [6.07, 6.45) is 0.318. The first kappa shape index (κ1) is 21.2. The van der Waals surface area contributed by atoms with Crippen molar-refractivity contribution in [3.05, 3.63) is 0 Å². The Kier molecular flexibility index (Phi) is 9.67. The summed E-state index contributed by atoms with van der Waals surface area (Å²) in [4.78, 5) is 23.8. The SMILES string of the molecule is CCOC(=O)C(C)CC(OC(=O)C(C)(C)C)SC(=S)OCC. The lowest BCUT2D eigenvalue weighted by atomic mass is 9.97. The molecule has 7 heteroatoms. The van der Waals surface area contributed by atoms with Gasteiger partial charge in [0, 0.05) is 6.42 Å². The highest BCUT2D eigenvalue weighted by Crippen LogP contribution is 2.27. The lowest BCUT2D eigenvalue weighted by Crippen LogP contribution is -2.30. The Morgan fingerprint density at radius 1 is 1.14 bits per heavy atom. The summed E-state index contributed by atoms with van der Waals surface area (Å²) < 4.78 is 16.0. The van der Waals surface area contributed by atoms with Crippen molar-refractivity contribution in [3.8, 4) is 0 Å². The van der Waals surface area contributed by atoms with E-state index < -0.39 is 16.8 Å². The van der Waals surface area contributed by atoms with E-state index in [9.17, 15) is 9.59 Å². The molecule has 0 spiro atoms. The zero-order chi connectivity index (χ0) is 17.3. The van der Waals surface area contributed by atoms with Gasteiger partial charge in [-0.05, 0) is 58.6 Å². The lowest BCUT2D eigenvalue weighted by Gasteiger charge is -2.24. The number of ether oxygens (including phenoxy) is 3. The Bertz CT molecular complexity index is 390. The van der Waals surface area contributed by atoms with Gasteiger partial charge in [0.25, 0.3) is 0 Å². The maximum Gasteiger partial charge on any atom is 0.312 e. The quantitative estimate of drug-likeness (QED) is 0.395. The van der Waals surface area contributed by atoms with Crippen LogP contribution in [0.5, 0.6) is 0 Å². The maximum absolute atomic E-state index is 12.1. The number of carbonyl (C=O) groups is 2. The molecule has 0 radical (unpaired) electrons. The summed E-state index contributed by atoms with van der Waals surface area (Å²) >= 11 is 6.21. The van der Waals surface area contributed by atoms with Crippen LogP contribution in [0.2, 0.25) is 0 Å². The van der Waals surface area contributed by atoms with Gasteiger partial charge in [0.05, 0.1) is 24.5 Å². The summed E-state index contributed by atoms with van der Waals surface area (Å²) in [6, 6.07) is 0.